The zero-order valence-corrected chi connectivity index (χ0v) is 43.7. The maximum absolute atomic E-state index is 13.4. The Morgan fingerprint density at radius 1 is 0.486 bits per heavy atom. The van der Waals surface area contributed by atoms with Gasteiger partial charge in [0.05, 0.1) is 13.2 Å². The molecule has 0 radical (unpaired) electrons. The summed E-state index contributed by atoms with van der Waals surface area (Å²) in [7, 11) is -5.37. The molecule has 1 aliphatic heterocycles. The predicted octanol–water partition coefficient (Wildman–Crippen LogP) is 7.11. The fourth-order valence-corrected chi connectivity index (χ4v) is 10.0. The Kier molecular flexibility index (Phi) is 36.2. The average molecular weight is 1030 g/mol. The van der Waals surface area contributed by atoms with Gasteiger partial charge >= 0.3 is 19.8 Å². The molecule has 414 valence electrons. The second kappa shape index (κ2) is 39.1. The van der Waals surface area contributed by atoms with E-state index in [1.54, 1.807) is 0 Å². The molecule has 2 fully saturated rings. The molecule has 0 bridgehead atoms. The highest BCUT2D eigenvalue weighted by Crippen LogP contribution is 2.48. The SMILES string of the molecule is CCCCCCCCCCCCCCCCCCC(=O)OCC(COP(=O)(O)OC1C(O)C(O)C(O)C(O)C1OC1OC(CO)C(O)C(O)C1O)OC(=O)CCCCCCCCCCCCCCCC. The van der Waals surface area contributed by atoms with Crippen molar-refractivity contribution in [1.29, 1.82) is 0 Å². The summed E-state index contributed by atoms with van der Waals surface area (Å²) in [6, 6.07) is 0. The van der Waals surface area contributed by atoms with Crippen molar-refractivity contribution in [1.82, 2.24) is 0 Å². The monoisotopic (exact) mass is 1030 g/mol. The molecule has 0 amide bonds. The molecule has 1 saturated carbocycles. The number of esters is 2. The van der Waals surface area contributed by atoms with Gasteiger partial charge in [-0.05, 0) is 12.8 Å². The van der Waals surface area contributed by atoms with Crippen LogP contribution in [0.4, 0.5) is 0 Å². The molecule has 13 atom stereocenters. The van der Waals surface area contributed by atoms with Crippen LogP contribution in [-0.4, -0.2) is 151 Å². The van der Waals surface area contributed by atoms with Gasteiger partial charge in [0.1, 0.15) is 67.6 Å². The van der Waals surface area contributed by atoms with Crippen LogP contribution in [0, 0.1) is 0 Å². The maximum Gasteiger partial charge on any atom is 0.472 e. The van der Waals surface area contributed by atoms with Gasteiger partial charge in [0.15, 0.2) is 12.4 Å². The normalized spacial score (nSPS) is 27.3. The third-order valence-corrected chi connectivity index (χ3v) is 14.5. The van der Waals surface area contributed by atoms with E-state index in [9.17, 15) is 59.9 Å². The van der Waals surface area contributed by atoms with Crippen molar-refractivity contribution in [3.05, 3.63) is 0 Å². The van der Waals surface area contributed by atoms with E-state index in [1.807, 2.05) is 0 Å². The third-order valence-electron chi connectivity index (χ3n) is 13.6. The first-order valence-electron chi connectivity index (χ1n) is 27.4. The highest BCUT2D eigenvalue weighted by molar-refractivity contribution is 7.47. The minimum atomic E-state index is -5.37. The molecule has 0 aromatic carbocycles. The van der Waals surface area contributed by atoms with Gasteiger partial charge < -0.3 is 64.7 Å². The topological polar surface area (TPSA) is 289 Å². The van der Waals surface area contributed by atoms with Gasteiger partial charge in [-0.25, -0.2) is 4.57 Å². The lowest BCUT2D eigenvalue weighted by atomic mass is 9.84. The first-order valence-corrected chi connectivity index (χ1v) is 28.9. The van der Waals surface area contributed by atoms with Crippen LogP contribution in [0.3, 0.4) is 0 Å². The van der Waals surface area contributed by atoms with Gasteiger partial charge in [0, 0.05) is 12.8 Å². The first kappa shape index (κ1) is 64.8. The van der Waals surface area contributed by atoms with Crippen LogP contribution in [0.25, 0.3) is 0 Å². The minimum Gasteiger partial charge on any atom is -0.462 e. The van der Waals surface area contributed by atoms with Crippen LogP contribution in [0.1, 0.15) is 219 Å². The molecule has 0 aromatic heterocycles. The summed E-state index contributed by atoms with van der Waals surface area (Å²) in [5.41, 5.74) is 0. The number of ether oxygens (including phenoxy) is 4. The zero-order valence-electron chi connectivity index (χ0n) is 42.8. The Morgan fingerprint density at radius 2 is 0.857 bits per heavy atom. The number of unbranched alkanes of at least 4 members (excludes halogenated alkanes) is 28. The Labute approximate surface area is 419 Å². The number of aliphatic hydroxyl groups excluding tert-OH is 8. The Bertz CT molecular complexity index is 1360. The molecule has 2 aliphatic rings. The second-order valence-corrected chi connectivity index (χ2v) is 21.2. The van der Waals surface area contributed by atoms with E-state index in [2.05, 4.69) is 13.8 Å². The standard InChI is InChI=1S/C51H97O18P/c1-3-5-7-9-11-13-15-17-19-20-22-23-25-27-29-31-33-40(53)64-36-38(66-41(54)34-32-30-28-26-24-21-18-16-14-12-10-8-6-4-2)37-65-70(62,63)69-50-47(60)45(58)44(57)46(59)49(50)68-51-48(61)43(56)42(55)39(35-52)67-51/h38-39,42-52,55-61H,3-37H2,1-2H3,(H,62,63). The number of rotatable bonds is 43. The molecule has 18 nitrogen and oxygen atoms in total. The van der Waals surface area contributed by atoms with E-state index in [1.165, 1.54) is 128 Å². The van der Waals surface area contributed by atoms with Crippen molar-refractivity contribution in [2.24, 2.45) is 0 Å². The summed E-state index contributed by atoms with van der Waals surface area (Å²) in [4.78, 5) is 36.6. The van der Waals surface area contributed by atoms with Gasteiger partial charge in [0.2, 0.25) is 0 Å². The fraction of sp³-hybridized carbons (Fsp3) is 0.961. The van der Waals surface area contributed by atoms with Crippen molar-refractivity contribution in [2.45, 2.75) is 293 Å². The van der Waals surface area contributed by atoms with Gasteiger partial charge in [0.25, 0.3) is 0 Å². The van der Waals surface area contributed by atoms with Crippen molar-refractivity contribution in [3.63, 3.8) is 0 Å². The molecule has 13 unspecified atom stereocenters. The molecular weight excluding hydrogens is 932 g/mol. The lowest BCUT2D eigenvalue weighted by molar-refractivity contribution is -0.338. The Balaban J connectivity index is 1.90. The highest BCUT2D eigenvalue weighted by Gasteiger charge is 2.55. The summed E-state index contributed by atoms with van der Waals surface area (Å²) in [6.45, 7) is 2.27. The van der Waals surface area contributed by atoms with Crippen LogP contribution in [0.5, 0.6) is 0 Å². The van der Waals surface area contributed by atoms with Crippen molar-refractivity contribution < 1.29 is 87.9 Å². The maximum atomic E-state index is 13.4. The number of carbonyl (C=O) groups excluding carboxylic acids is 2. The molecule has 0 aromatic rings. The summed E-state index contributed by atoms with van der Waals surface area (Å²) >= 11 is 0. The summed E-state index contributed by atoms with van der Waals surface area (Å²) in [5, 5.41) is 83.0. The predicted molar refractivity (Wildman–Crippen MR) is 263 cm³/mol. The molecule has 70 heavy (non-hydrogen) atoms. The Morgan fingerprint density at radius 3 is 1.27 bits per heavy atom. The van der Waals surface area contributed by atoms with Crippen LogP contribution < -0.4 is 0 Å². The van der Waals surface area contributed by atoms with E-state index >= 15 is 0 Å². The second-order valence-electron chi connectivity index (χ2n) is 19.8. The van der Waals surface area contributed by atoms with Gasteiger partial charge in [-0.15, -0.1) is 0 Å². The quantitative estimate of drug-likeness (QED) is 0.0167. The fourth-order valence-electron chi connectivity index (χ4n) is 9.06. The molecule has 1 aliphatic carbocycles. The molecular formula is C51H97O18P. The largest absolute Gasteiger partial charge is 0.472 e. The number of hydrogen-bond donors (Lipinski definition) is 9. The molecule has 1 heterocycles. The Hall–Kier alpha value is -1.35. The van der Waals surface area contributed by atoms with Gasteiger partial charge in [-0.2, -0.15) is 0 Å². The van der Waals surface area contributed by atoms with Crippen LogP contribution in [0.15, 0.2) is 0 Å². The van der Waals surface area contributed by atoms with Crippen LogP contribution >= 0.6 is 7.82 Å². The number of carbonyl (C=O) groups is 2. The van der Waals surface area contributed by atoms with E-state index in [4.69, 9.17) is 28.0 Å². The molecule has 2 rings (SSSR count). The smallest absolute Gasteiger partial charge is 0.462 e. The number of aliphatic hydroxyl groups is 8. The summed E-state index contributed by atoms with van der Waals surface area (Å²) in [6.07, 6.45) is 11.7. The van der Waals surface area contributed by atoms with E-state index in [0.717, 1.165) is 51.4 Å². The van der Waals surface area contributed by atoms with E-state index < -0.39 is 113 Å². The van der Waals surface area contributed by atoms with E-state index in [-0.39, 0.29) is 12.8 Å². The lowest BCUT2D eigenvalue weighted by Gasteiger charge is -2.47. The third kappa shape index (κ3) is 27.3. The van der Waals surface area contributed by atoms with Crippen LogP contribution in [0.2, 0.25) is 0 Å². The van der Waals surface area contributed by atoms with E-state index in [0.29, 0.717) is 12.8 Å². The van der Waals surface area contributed by atoms with Crippen LogP contribution in [-0.2, 0) is 42.1 Å². The molecule has 9 N–H and O–H groups in total. The first-order chi connectivity index (χ1) is 33.7. The van der Waals surface area contributed by atoms with Gasteiger partial charge in [-0.3, -0.25) is 18.6 Å². The summed E-state index contributed by atoms with van der Waals surface area (Å²) < 4.78 is 45.6. The lowest BCUT2D eigenvalue weighted by Crippen LogP contribution is -2.67. The molecule has 19 heteroatoms. The van der Waals surface area contributed by atoms with Crippen molar-refractivity contribution in [2.75, 3.05) is 19.8 Å². The summed E-state index contributed by atoms with van der Waals surface area (Å²) in [5.74, 6) is -1.20. The number of hydrogen-bond acceptors (Lipinski definition) is 17. The number of phosphoric ester groups is 1. The molecule has 0 spiro atoms. The minimum absolute atomic E-state index is 0.0400. The zero-order chi connectivity index (χ0) is 51.6. The molecule has 1 saturated heterocycles. The van der Waals surface area contributed by atoms with Gasteiger partial charge in [-0.1, -0.05) is 194 Å². The number of phosphoric acid groups is 1. The van der Waals surface area contributed by atoms with Crippen molar-refractivity contribution in [3.8, 4) is 0 Å². The highest BCUT2D eigenvalue weighted by atomic mass is 31.2. The average Bonchev–Trinajstić information content (AvgIpc) is 3.34. The van der Waals surface area contributed by atoms with Crippen molar-refractivity contribution >= 4 is 19.8 Å².